The van der Waals surface area contributed by atoms with Crippen molar-refractivity contribution in [1.82, 2.24) is 29.3 Å². The molecule has 0 N–H and O–H groups in total. The topological polar surface area (TPSA) is 97.0 Å². The average molecular weight is 419 g/mol. The normalized spacial score (nSPS) is 17.6. The summed E-state index contributed by atoms with van der Waals surface area (Å²) in [5, 5.41) is 4.47. The maximum absolute atomic E-state index is 12.3. The molecule has 29 heavy (non-hydrogen) atoms. The Morgan fingerprint density at radius 1 is 1.38 bits per heavy atom. The van der Waals surface area contributed by atoms with Crippen molar-refractivity contribution in [2.45, 2.75) is 51.8 Å². The van der Waals surface area contributed by atoms with E-state index in [0.29, 0.717) is 35.6 Å². The van der Waals surface area contributed by atoms with E-state index in [2.05, 4.69) is 20.1 Å². The van der Waals surface area contributed by atoms with Gasteiger partial charge in [0, 0.05) is 18.4 Å². The van der Waals surface area contributed by atoms with E-state index in [4.69, 9.17) is 21.1 Å². The molecule has 154 valence electrons. The van der Waals surface area contributed by atoms with Crippen molar-refractivity contribution >= 4 is 28.7 Å². The summed E-state index contributed by atoms with van der Waals surface area (Å²) >= 11 is 6.22. The Kier molecular flexibility index (Phi) is 5.26. The fraction of sp³-hybridized carbons (Fsp3) is 0.526. The molecule has 0 saturated carbocycles. The zero-order valence-electron chi connectivity index (χ0n) is 16.6. The molecule has 0 spiro atoms. The van der Waals surface area contributed by atoms with Crippen molar-refractivity contribution in [3.63, 3.8) is 0 Å². The van der Waals surface area contributed by atoms with Crippen LogP contribution in [-0.2, 0) is 19.8 Å². The van der Waals surface area contributed by atoms with Crippen LogP contribution in [0.15, 0.2) is 18.7 Å². The van der Waals surface area contributed by atoms with Gasteiger partial charge in [0.2, 0.25) is 5.28 Å². The van der Waals surface area contributed by atoms with Crippen LogP contribution in [0, 0.1) is 0 Å². The lowest BCUT2D eigenvalue weighted by atomic mass is 10.1. The number of hydrogen-bond donors (Lipinski definition) is 0. The number of nitrogens with zero attached hydrogens (tertiary/aromatic N) is 6. The van der Waals surface area contributed by atoms with Crippen molar-refractivity contribution in [2.24, 2.45) is 0 Å². The second-order valence-electron chi connectivity index (χ2n) is 7.44. The van der Waals surface area contributed by atoms with Crippen molar-refractivity contribution in [3.05, 3.63) is 24.0 Å². The standard InChI is InChI=1S/C19H23ClN6O3/c1-4-28-17(27)19(2,3)26-10-12(9-22-26)14-15-16(24-18(20)23-14)25(11-21-15)13-7-5-6-8-29-13/h9-11,13H,4-8H2,1-3H3. The van der Waals surface area contributed by atoms with E-state index in [-0.39, 0.29) is 17.5 Å². The Morgan fingerprint density at radius 3 is 2.93 bits per heavy atom. The zero-order chi connectivity index (χ0) is 20.6. The zero-order valence-corrected chi connectivity index (χ0v) is 17.4. The number of esters is 1. The number of halogens is 1. The summed E-state index contributed by atoms with van der Waals surface area (Å²) in [5.74, 6) is -0.362. The number of rotatable bonds is 5. The van der Waals surface area contributed by atoms with Gasteiger partial charge in [-0.25, -0.2) is 14.8 Å². The lowest BCUT2D eigenvalue weighted by Crippen LogP contribution is -2.37. The summed E-state index contributed by atoms with van der Waals surface area (Å²) < 4.78 is 14.5. The fourth-order valence-corrected chi connectivity index (χ4v) is 3.56. The maximum Gasteiger partial charge on any atom is 0.333 e. The lowest BCUT2D eigenvalue weighted by molar-refractivity contribution is -0.152. The number of carbonyl (C=O) groups is 1. The molecule has 1 atom stereocenters. The van der Waals surface area contributed by atoms with Crippen LogP contribution >= 0.6 is 11.6 Å². The molecule has 0 radical (unpaired) electrons. The van der Waals surface area contributed by atoms with Gasteiger partial charge in [-0.3, -0.25) is 9.25 Å². The molecule has 3 aromatic rings. The quantitative estimate of drug-likeness (QED) is 0.463. The highest BCUT2D eigenvalue weighted by Crippen LogP contribution is 2.31. The third kappa shape index (κ3) is 3.60. The number of aromatic nitrogens is 6. The molecule has 1 saturated heterocycles. The van der Waals surface area contributed by atoms with Crippen molar-refractivity contribution in [2.75, 3.05) is 13.2 Å². The van der Waals surface area contributed by atoms with Gasteiger partial charge in [-0.05, 0) is 51.6 Å². The van der Waals surface area contributed by atoms with Gasteiger partial charge in [-0.2, -0.15) is 10.1 Å². The van der Waals surface area contributed by atoms with Crippen molar-refractivity contribution in [1.29, 1.82) is 0 Å². The molecular weight excluding hydrogens is 396 g/mol. The first-order valence-electron chi connectivity index (χ1n) is 9.66. The Bertz CT molecular complexity index is 1040. The lowest BCUT2D eigenvalue weighted by Gasteiger charge is -2.23. The summed E-state index contributed by atoms with van der Waals surface area (Å²) in [6.07, 6.45) is 8.01. The highest BCUT2D eigenvalue weighted by molar-refractivity contribution is 6.28. The van der Waals surface area contributed by atoms with Crippen molar-refractivity contribution in [3.8, 4) is 11.3 Å². The minimum Gasteiger partial charge on any atom is -0.464 e. The van der Waals surface area contributed by atoms with E-state index in [0.717, 1.165) is 19.3 Å². The van der Waals surface area contributed by atoms with E-state index < -0.39 is 5.54 Å². The summed E-state index contributed by atoms with van der Waals surface area (Å²) in [4.78, 5) is 25.6. The number of ether oxygens (including phenoxy) is 2. The molecule has 0 amide bonds. The molecule has 9 nitrogen and oxygen atoms in total. The summed E-state index contributed by atoms with van der Waals surface area (Å²) in [6.45, 7) is 6.29. The van der Waals surface area contributed by atoms with E-state index in [9.17, 15) is 4.79 Å². The Balaban J connectivity index is 1.74. The molecule has 1 aliphatic heterocycles. The van der Waals surface area contributed by atoms with E-state index in [1.165, 1.54) is 0 Å². The van der Waals surface area contributed by atoms with Gasteiger partial charge in [0.1, 0.15) is 17.4 Å². The third-order valence-corrected chi connectivity index (χ3v) is 5.23. The van der Waals surface area contributed by atoms with Gasteiger partial charge in [0.15, 0.2) is 11.2 Å². The van der Waals surface area contributed by atoms with Gasteiger partial charge in [0.25, 0.3) is 0 Å². The van der Waals surface area contributed by atoms with Crippen LogP contribution in [0.4, 0.5) is 0 Å². The molecular formula is C19H23ClN6O3. The van der Waals surface area contributed by atoms with E-state index in [1.54, 1.807) is 44.2 Å². The highest BCUT2D eigenvalue weighted by atomic mass is 35.5. The summed E-state index contributed by atoms with van der Waals surface area (Å²) in [7, 11) is 0. The molecule has 1 fully saturated rings. The van der Waals surface area contributed by atoms with Gasteiger partial charge >= 0.3 is 5.97 Å². The monoisotopic (exact) mass is 418 g/mol. The van der Waals surface area contributed by atoms with Gasteiger partial charge < -0.3 is 9.47 Å². The third-order valence-electron chi connectivity index (χ3n) is 5.06. The smallest absolute Gasteiger partial charge is 0.333 e. The molecule has 0 aromatic carbocycles. The molecule has 0 bridgehead atoms. The SMILES string of the molecule is CCOC(=O)C(C)(C)n1cc(-c2nc(Cl)nc3c2ncn3C2CCCCO2)cn1. The summed E-state index contributed by atoms with van der Waals surface area (Å²) in [6, 6.07) is 0. The Morgan fingerprint density at radius 2 is 2.21 bits per heavy atom. The molecule has 3 aromatic heterocycles. The molecule has 4 heterocycles. The predicted molar refractivity (Wildman–Crippen MR) is 106 cm³/mol. The number of fused-ring (bicyclic) bond motifs is 1. The summed E-state index contributed by atoms with van der Waals surface area (Å²) in [5.41, 5.74) is 1.51. The minimum absolute atomic E-state index is 0.113. The second kappa shape index (κ2) is 7.72. The minimum atomic E-state index is -0.959. The number of imidazole rings is 1. The molecule has 1 unspecified atom stereocenters. The first-order valence-corrected chi connectivity index (χ1v) is 10.0. The van der Waals surface area contributed by atoms with E-state index in [1.807, 2.05) is 4.57 Å². The second-order valence-corrected chi connectivity index (χ2v) is 7.78. The van der Waals surface area contributed by atoms with Crippen molar-refractivity contribution < 1.29 is 14.3 Å². The van der Waals surface area contributed by atoms with Gasteiger partial charge in [-0.1, -0.05) is 0 Å². The van der Waals surface area contributed by atoms with Crippen LogP contribution in [0.3, 0.4) is 0 Å². The molecule has 0 aliphatic carbocycles. The molecule has 10 heteroatoms. The average Bonchev–Trinajstić information content (AvgIpc) is 3.36. The fourth-order valence-electron chi connectivity index (χ4n) is 3.40. The number of hydrogen-bond acceptors (Lipinski definition) is 7. The number of carbonyl (C=O) groups excluding carboxylic acids is 1. The molecule has 4 rings (SSSR count). The van der Waals surface area contributed by atoms with Gasteiger partial charge in [0.05, 0.1) is 19.1 Å². The van der Waals surface area contributed by atoms with Gasteiger partial charge in [-0.15, -0.1) is 0 Å². The van der Waals surface area contributed by atoms with E-state index >= 15 is 0 Å². The Hall–Kier alpha value is -2.52. The predicted octanol–water partition coefficient (Wildman–Crippen LogP) is 3.34. The van der Waals surface area contributed by atoms with Crippen LogP contribution < -0.4 is 0 Å². The van der Waals surface area contributed by atoms with Crippen LogP contribution in [0.1, 0.15) is 46.3 Å². The Labute approximate surface area is 173 Å². The van der Waals surface area contributed by atoms with Crippen LogP contribution in [0.25, 0.3) is 22.4 Å². The maximum atomic E-state index is 12.3. The first-order chi connectivity index (χ1) is 13.9. The largest absolute Gasteiger partial charge is 0.464 e. The van der Waals surface area contributed by atoms with Crippen LogP contribution in [0.2, 0.25) is 5.28 Å². The molecule has 1 aliphatic rings. The highest BCUT2D eigenvalue weighted by Gasteiger charge is 2.33. The first kappa shape index (κ1) is 19.8. The van der Waals surface area contributed by atoms with Crippen LogP contribution in [0.5, 0.6) is 0 Å². The van der Waals surface area contributed by atoms with Crippen LogP contribution in [-0.4, -0.2) is 48.5 Å².